The van der Waals surface area contributed by atoms with Gasteiger partial charge in [-0.1, -0.05) is 51.9 Å². The van der Waals surface area contributed by atoms with Gasteiger partial charge in [0.25, 0.3) is 0 Å². The lowest BCUT2D eigenvalue weighted by atomic mass is 10.0. The van der Waals surface area contributed by atoms with Crippen LogP contribution in [-0.2, 0) is 73.4 Å². The van der Waals surface area contributed by atoms with Gasteiger partial charge in [0.05, 0.1) is 58.4 Å². The van der Waals surface area contributed by atoms with Crippen molar-refractivity contribution in [2.45, 2.75) is 93.7 Å². The zero-order valence-electron chi connectivity index (χ0n) is 52.2. The van der Waals surface area contributed by atoms with Gasteiger partial charge in [0, 0.05) is 82.5 Å². The molecule has 10 amide bonds. The van der Waals surface area contributed by atoms with E-state index in [9.17, 15) is 57.8 Å². The summed E-state index contributed by atoms with van der Waals surface area (Å²) in [5, 5.41) is 45.6. The summed E-state index contributed by atoms with van der Waals surface area (Å²) in [6.45, 7) is 4.90. The number of carboxylic acid groups (broad SMARTS) is 1. The molecule has 22 N–H and O–H groups in total. The van der Waals surface area contributed by atoms with Crippen LogP contribution in [0.15, 0.2) is 35.3 Å². The lowest BCUT2D eigenvalue weighted by molar-refractivity contribution is -0.141. The molecule has 2 aliphatic heterocycles. The van der Waals surface area contributed by atoms with Crippen LogP contribution in [0.1, 0.15) is 50.5 Å². The second-order valence-corrected chi connectivity index (χ2v) is 24.8. The number of nitrogens with one attached hydrogen (secondary N) is 13. The highest BCUT2D eigenvalue weighted by Gasteiger charge is 2.35. The molecule has 2 aliphatic rings. The minimum Gasteiger partial charge on any atom is -0.481 e. The molecule has 0 radical (unpaired) electrons. The fourth-order valence-corrected chi connectivity index (χ4v) is 12.0. The van der Waals surface area contributed by atoms with Crippen LogP contribution < -0.4 is 92.1 Å². The summed E-state index contributed by atoms with van der Waals surface area (Å²) in [5.74, 6) is -11.1. The number of nitrogens with two attached hydrogens (primary N) is 4. The van der Waals surface area contributed by atoms with Crippen molar-refractivity contribution >= 4 is 104 Å². The average Bonchev–Trinajstić information content (AvgIpc) is 2.64. The Labute approximate surface area is 548 Å². The number of carbonyl (C=O) groups excluding carboxylic acids is 10. The van der Waals surface area contributed by atoms with E-state index in [1.165, 1.54) is 0 Å². The van der Waals surface area contributed by atoms with Crippen molar-refractivity contribution in [1.82, 2.24) is 69.1 Å². The number of nitrogens with zero attached hydrogens (tertiary/aromatic N) is 1. The molecule has 1 aromatic rings. The van der Waals surface area contributed by atoms with Crippen molar-refractivity contribution in [2.24, 2.45) is 33.8 Å². The van der Waals surface area contributed by atoms with E-state index in [4.69, 9.17) is 37.1 Å². The number of hydrogen-bond acceptors (Lipinski definition) is 23. The van der Waals surface area contributed by atoms with Gasteiger partial charge in [0.2, 0.25) is 59.1 Å². The monoisotopic (exact) mass is 1360 g/mol. The molecule has 518 valence electrons. The number of aliphatic imine (C=N–C) groups is 1. The van der Waals surface area contributed by atoms with Gasteiger partial charge in [-0.15, -0.1) is 11.8 Å². The first-order chi connectivity index (χ1) is 44.3. The van der Waals surface area contributed by atoms with Gasteiger partial charge in [-0.2, -0.15) is 0 Å². The van der Waals surface area contributed by atoms with Crippen molar-refractivity contribution < 1.29 is 72.1 Å². The number of guanidine groups is 1. The van der Waals surface area contributed by atoms with Gasteiger partial charge in [-0.3, -0.25) is 57.7 Å². The fraction of sp³-hybridized carbons (Fsp3) is 0.679. The first-order valence-electron chi connectivity index (χ1n) is 30.6. The summed E-state index contributed by atoms with van der Waals surface area (Å²) >= 11 is 0.933. The largest absolute Gasteiger partial charge is 0.481 e. The Bertz CT molecular complexity index is 2470. The molecule has 2 saturated heterocycles. The maximum absolute atomic E-state index is 14.6. The summed E-state index contributed by atoms with van der Waals surface area (Å²) in [6.07, 6.45) is -0.297. The van der Waals surface area contributed by atoms with Gasteiger partial charge in [0.15, 0.2) is 5.96 Å². The lowest BCUT2D eigenvalue weighted by Gasteiger charge is -2.27. The molecule has 1 aromatic carbocycles. The van der Waals surface area contributed by atoms with E-state index in [0.717, 1.165) is 33.3 Å². The third-order valence-electron chi connectivity index (χ3n) is 13.6. The quantitative estimate of drug-likeness (QED) is 0.0128. The summed E-state index contributed by atoms with van der Waals surface area (Å²) in [5.41, 5.74) is 22.9. The van der Waals surface area contributed by atoms with E-state index in [1.807, 2.05) is 7.05 Å². The van der Waals surface area contributed by atoms with Crippen LogP contribution in [-0.4, -0.2) is 260 Å². The van der Waals surface area contributed by atoms with Crippen molar-refractivity contribution in [2.75, 3.05) is 142 Å². The van der Waals surface area contributed by atoms with Gasteiger partial charge in [-0.25, -0.2) is 0 Å². The number of likely N-dealkylation sites (N-methyl/N-ethyl adjacent to an activating group) is 1. The number of fused-ring (bicyclic) bond motifs is 5. The number of carbonyl (C=O) groups is 11. The molecule has 36 heteroatoms. The van der Waals surface area contributed by atoms with Crippen LogP contribution in [0, 0.1) is 5.92 Å². The molecule has 2 bridgehead atoms. The van der Waals surface area contributed by atoms with Gasteiger partial charge in [-0.05, 0) is 63.7 Å². The molecule has 33 nitrogen and oxygen atoms in total. The van der Waals surface area contributed by atoms with Gasteiger partial charge >= 0.3 is 5.97 Å². The highest BCUT2D eigenvalue weighted by Crippen LogP contribution is 2.24. The summed E-state index contributed by atoms with van der Waals surface area (Å²) in [7, 11) is 3.69. The summed E-state index contributed by atoms with van der Waals surface area (Å²) < 4.78 is 16.6. The van der Waals surface area contributed by atoms with Crippen LogP contribution in [0.3, 0.4) is 0 Å². The Morgan fingerprint density at radius 2 is 1.18 bits per heavy atom. The summed E-state index contributed by atoms with van der Waals surface area (Å²) in [4.78, 5) is 157. The Morgan fingerprint density at radius 1 is 0.620 bits per heavy atom. The topological polar surface area (TPSA) is 509 Å². The average molecular weight is 1360 g/mol. The number of hydrogen-bond donors (Lipinski definition) is 18. The molecule has 0 aromatic heterocycles. The third kappa shape index (κ3) is 35.4. The first-order valence-corrected chi connectivity index (χ1v) is 34.2. The number of amides is 10. The van der Waals surface area contributed by atoms with E-state index in [-0.39, 0.29) is 119 Å². The van der Waals surface area contributed by atoms with E-state index in [2.05, 4.69) is 74.1 Å². The van der Waals surface area contributed by atoms with E-state index in [0.29, 0.717) is 77.6 Å². The SMILES string of the molecule is CNCCOCCOCCOCCNC(=O)[C@@H]1CSCC(=O)N[C@@H](CCCCNC(=O)CC(CNCCN)CNCCN)C(=O)N[C@H]2CSSC[C@H](NC(=O)[C@H](CC(=O)O)NC(=O)CNC(=O)[C@H](CCCN=C(N)N)NC2=O)C(=O)N[C@@H](Cc2ccccc2)C(=O)N1. The molecule has 2 heterocycles. The van der Waals surface area contributed by atoms with E-state index >= 15 is 0 Å². The molecule has 0 aliphatic carbocycles. The molecule has 2 fully saturated rings. The minimum atomic E-state index is -1.81. The first kappa shape index (κ1) is 79.6. The van der Waals surface area contributed by atoms with Gasteiger partial charge < -0.3 is 111 Å². The fourth-order valence-electron chi connectivity index (χ4n) is 8.82. The van der Waals surface area contributed by atoms with Crippen molar-refractivity contribution in [3.05, 3.63) is 35.9 Å². The Balaban J connectivity index is 2.07. The zero-order valence-corrected chi connectivity index (χ0v) is 54.6. The Morgan fingerprint density at radius 3 is 1.79 bits per heavy atom. The molecular formula is C56H96N18O15S3. The number of aliphatic carboxylic acids is 1. The zero-order chi connectivity index (χ0) is 67.3. The van der Waals surface area contributed by atoms with Crippen LogP contribution in [0.2, 0.25) is 0 Å². The molecule has 0 saturated carbocycles. The number of unbranched alkanes of at least 4 members (excludes halogenated alkanes) is 1. The molecular weight excluding hydrogens is 1260 g/mol. The van der Waals surface area contributed by atoms with Crippen LogP contribution in [0.4, 0.5) is 0 Å². The van der Waals surface area contributed by atoms with Crippen LogP contribution >= 0.6 is 33.3 Å². The number of ether oxygens (including phenoxy) is 3. The highest BCUT2D eigenvalue weighted by molar-refractivity contribution is 8.76. The van der Waals surface area contributed by atoms with Crippen molar-refractivity contribution in [3.8, 4) is 0 Å². The van der Waals surface area contributed by atoms with E-state index in [1.54, 1.807) is 30.3 Å². The molecule has 0 spiro atoms. The number of rotatable bonds is 36. The van der Waals surface area contributed by atoms with Crippen molar-refractivity contribution in [1.29, 1.82) is 0 Å². The summed E-state index contributed by atoms with van der Waals surface area (Å²) in [6, 6.07) is -1.84. The molecule has 0 unspecified atom stereocenters. The lowest BCUT2D eigenvalue weighted by Crippen LogP contribution is -2.60. The second kappa shape index (κ2) is 48.2. The third-order valence-corrected chi connectivity index (χ3v) is 17.0. The van der Waals surface area contributed by atoms with Gasteiger partial charge in [0.1, 0.15) is 42.3 Å². The Kier molecular flexibility index (Phi) is 41.7. The number of thioether (sulfide) groups is 1. The van der Waals surface area contributed by atoms with Crippen molar-refractivity contribution in [3.63, 3.8) is 0 Å². The molecule has 92 heavy (non-hydrogen) atoms. The standard InChI is InChI=1S/C56H96N18O15S3/c1-61-18-20-87-22-24-89-25-23-88-21-19-65-50(81)42-32-90-35-47(77)68-39(10-5-6-14-64-45(75)27-37(29-62-16-12-57)30-63-17-13-58)51(82)73-43-33-91-92-34-44(55(86)71-40(52(83)72-42)26-36-8-3-2-4-9-36)74-53(84)41(28-48(78)79)69-46(76)31-67-49(80)38(70-54(43)85)11-7-15-66-56(59)60/h2-4,8-9,37-44,61-63H,5-7,10-35,57-58H2,1H3,(H,64,75)(H,65,81)(H,67,80)(H,68,77)(H,69,76)(H,70,85)(H,71,86)(H,72,83)(H,73,82)(H,74,84)(H,78,79)(H4,59,60,66)/t38-,39-,40-,41-,42-,43-,44-/m0/s1. The molecule has 7 atom stereocenters. The second-order valence-electron chi connectivity index (χ2n) is 21.2. The maximum atomic E-state index is 14.6. The maximum Gasteiger partial charge on any atom is 0.305 e. The highest BCUT2D eigenvalue weighted by atomic mass is 33.1. The minimum absolute atomic E-state index is 0.0102. The van der Waals surface area contributed by atoms with Crippen LogP contribution in [0.5, 0.6) is 0 Å². The van der Waals surface area contributed by atoms with E-state index < -0.39 is 114 Å². The predicted molar refractivity (Wildman–Crippen MR) is 349 cm³/mol. The normalized spacial score (nSPS) is 21.1. The number of carboxylic acids is 1. The predicted octanol–water partition coefficient (Wildman–Crippen LogP) is -6.82. The molecule has 3 rings (SSSR count). The number of benzene rings is 1. The van der Waals surface area contributed by atoms with Crippen LogP contribution in [0.25, 0.3) is 0 Å². The Hall–Kier alpha value is -6.61. The smallest absolute Gasteiger partial charge is 0.305 e.